The van der Waals surface area contributed by atoms with Crippen LogP contribution in [0, 0.1) is 0 Å². The van der Waals surface area contributed by atoms with Crippen LogP contribution in [-0.4, -0.2) is 102 Å². The van der Waals surface area contributed by atoms with E-state index in [0.717, 1.165) is 51.9 Å². The lowest BCUT2D eigenvalue weighted by molar-refractivity contribution is 0.434. The normalized spacial score (nSPS) is 11.4. The molecule has 0 aromatic heterocycles. The maximum atomic E-state index is 2.29. The smallest absolute Gasteiger partial charge is 0.00533 e. The average Bonchev–Trinajstić information content (AvgIpc) is 4.21. The van der Waals surface area contributed by atoms with Gasteiger partial charge in [-0.05, 0) is 174 Å². The van der Waals surface area contributed by atoms with E-state index in [9.17, 15) is 0 Å². The summed E-state index contributed by atoms with van der Waals surface area (Å²) >= 11 is 0. The van der Waals surface area contributed by atoms with Crippen LogP contribution < -0.4 is 0 Å². The van der Waals surface area contributed by atoms with E-state index in [1.807, 2.05) is 83.1 Å². The molecule has 4 nitrogen and oxygen atoms in total. The Bertz CT molecular complexity index is 1690. The molecular weight excluding hydrogens is 777 g/mol. The maximum absolute atomic E-state index is 2.29. The number of hydrogen-bond donors (Lipinski definition) is 0. The highest BCUT2D eigenvalue weighted by molar-refractivity contribution is 5.99. The van der Waals surface area contributed by atoms with Crippen molar-refractivity contribution in [3.63, 3.8) is 0 Å². The van der Waals surface area contributed by atoms with Crippen molar-refractivity contribution in [2.24, 2.45) is 0 Å². The van der Waals surface area contributed by atoms with Gasteiger partial charge in [-0.15, -0.1) is 0 Å². The van der Waals surface area contributed by atoms with Gasteiger partial charge in [0.2, 0.25) is 0 Å². The largest absolute Gasteiger partial charge is 0.310 e. The second-order valence-corrected chi connectivity index (χ2v) is 14.7. The molecule has 0 aliphatic heterocycles. The Hall–Kier alpha value is -3.80. The van der Waals surface area contributed by atoms with Gasteiger partial charge in [0, 0.05) is 0 Å². The van der Waals surface area contributed by atoms with Crippen molar-refractivity contribution in [1.82, 2.24) is 19.6 Å². The molecular formula is C60H104N4. The van der Waals surface area contributed by atoms with Gasteiger partial charge in [0.05, 0.1) is 0 Å². The van der Waals surface area contributed by atoms with Gasteiger partial charge in [0.15, 0.2) is 0 Å². The minimum atomic E-state index is 1.09. The number of hydrogen-bond acceptors (Lipinski definition) is 4. The van der Waals surface area contributed by atoms with Gasteiger partial charge in [-0.3, -0.25) is 0 Å². The van der Waals surface area contributed by atoms with Gasteiger partial charge in [-0.2, -0.15) is 0 Å². The maximum Gasteiger partial charge on any atom is -0.00533 e. The predicted octanol–water partition coefficient (Wildman–Crippen LogP) is 16.4. The lowest BCUT2D eigenvalue weighted by Gasteiger charge is -2.10. The highest BCUT2D eigenvalue weighted by Gasteiger charge is 2.16. The van der Waals surface area contributed by atoms with Gasteiger partial charge in [0.25, 0.3) is 0 Å². The summed E-state index contributed by atoms with van der Waals surface area (Å²) in [6.45, 7) is 37.1. The van der Waals surface area contributed by atoms with Crippen molar-refractivity contribution in [3.05, 3.63) is 117 Å². The standard InChI is InChI=1S/2C16H12.4C4H11N.6C2H6/c2*1-3-11-7-9-13-10-8-12-4-2-6-15(12)16(13)14(11)5-1;4*1-4-5(2)3;6*1-2/h2*1-3,6-10H,4-5H2;4*4H2,1-3H3;6*1-2H3. The summed E-state index contributed by atoms with van der Waals surface area (Å²) in [6, 6.07) is 18.0. The minimum Gasteiger partial charge on any atom is -0.310 e. The Balaban J connectivity index is -0.000000348. The molecule has 0 radical (unpaired) electrons. The second kappa shape index (κ2) is 43.1. The van der Waals surface area contributed by atoms with Crippen LogP contribution in [0.5, 0.6) is 0 Å². The Morgan fingerprint density at radius 2 is 0.562 bits per heavy atom. The van der Waals surface area contributed by atoms with Gasteiger partial charge >= 0.3 is 0 Å². The molecule has 0 unspecified atom stereocenters. The fourth-order valence-corrected chi connectivity index (χ4v) is 5.86. The fourth-order valence-electron chi connectivity index (χ4n) is 5.86. The van der Waals surface area contributed by atoms with E-state index < -0.39 is 0 Å². The van der Waals surface area contributed by atoms with Crippen molar-refractivity contribution in [2.45, 2.75) is 136 Å². The molecule has 0 N–H and O–H groups in total. The highest BCUT2D eigenvalue weighted by Crippen LogP contribution is 2.36. The van der Waals surface area contributed by atoms with Gasteiger partial charge in [-0.25, -0.2) is 0 Å². The highest BCUT2D eigenvalue weighted by atomic mass is 15.0. The van der Waals surface area contributed by atoms with Crippen LogP contribution in [0.2, 0.25) is 0 Å². The lowest BCUT2D eigenvalue weighted by Crippen LogP contribution is -2.08. The van der Waals surface area contributed by atoms with Crippen LogP contribution in [0.4, 0.5) is 0 Å². The van der Waals surface area contributed by atoms with Gasteiger partial charge < -0.3 is 19.6 Å². The van der Waals surface area contributed by atoms with E-state index in [1.54, 1.807) is 0 Å². The molecule has 0 bridgehead atoms. The Morgan fingerprint density at radius 3 is 0.812 bits per heavy atom. The molecule has 0 atom stereocenters. The molecule has 4 aliphatic carbocycles. The number of allylic oxidation sites excluding steroid dienone is 4. The molecule has 64 heavy (non-hydrogen) atoms. The van der Waals surface area contributed by atoms with Gasteiger partial charge in [-0.1, -0.05) is 208 Å². The quantitative estimate of drug-likeness (QED) is 0.202. The third kappa shape index (κ3) is 24.5. The number of nitrogens with zero attached hydrogens (tertiary/aromatic N) is 4. The Morgan fingerprint density at radius 1 is 0.328 bits per heavy atom. The molecule has 4 aromatic carbocycles. The first-order valence-corrected chi connectivity index (χ1v) is 25.3. The molecule has 4 heteroatoms. The van der Waals surface area contributed by atoms with Crippen molar-refractivity contribution in [1.29, 1.82) is 0 Å². The SMILES string of the molecule is C1=Cc2c(ccc3ccc4c(c23)CC=C4)C1.C1=Cc2c(ccc3ccc4c(c23)CC=C4)C1.CC.CC.CC.CC.CC.CC.CCN(C)C.CCN(C)C.CCN(C)C.CCN(C)C. The van der Waals surface area contributed by atoms with Crippen LogP contribution in [0.3, 0.4) is 0 Å². The number of rotatable bonds is 4. The first-order valence-electron chi connectivity index (χ1n) is 25.3. The van der Waals surface area contributed by atoms with Crippen molar-refractivity contribution in [3.8, 4) is 0 Å². The first-order chi connectivity index (χ1) is 30.9. The van der Waals surface area contributed by atoms with E-state index in [0.29, 0.717) is 0 Å². The van der Waals surface area contributed by atoms with Gasteiger partial charge in [0.1, 0.15) is 0 Å². The predicted molar refractivity (Wildman–Crippen MR) is 304 cm³/mol. The summed E-state index contributed by atoms with van der Waals surface area (Å²) in [5, 5.41) is 5.72. The fraction of sp³-hybridized carbons (Fsp3) is 0.533. The molecule has 0 heterocycles. The molecule has 4 aliphatic rings. The summed E-state index contributed by atoms with van der Waals surface area (Å²) < 4.78 is 0. The first kappa shape index (κ1) is 66.8. The number of fused-ring (bicyclic) bond motifs is 10. The Kier molecular flexibility index (Phi) is 45.0. The third-order valence-corrected chi connectivity index (χ3v) is 9.93. The molecule has 4 aromatic rings. The summed E-state index contributed by atoms with van der Waals surface area (Å²) in [5.74, 6) is 0. The Labute approximate surface area is 400 Å². The molecule has 364 valence electrons. The summed E-state index contributed by atoms with van der Waals surface area (Å²) in [5.41, 5.74) is 11.7. The van der Waals surface area contributed by atoms with Crippen LogP contribution in [0.25, 0.3) is 45.8 Å². The van der Waals surface area contributed by atoms with E-state index in [1.165, 1.54) is 66.1 Å². The monoisotopic (exact) mass is 881 g/mol. The molecule has 0 spiro atoms. The summed E-state index contributed by atoms with van der Waals surface area (Å²) in [4.78, 5) is 8.50. The van der Waals surface area contributed by atoms with Crippen LogP contribution in [0.15, 0.2) is 72.8 Å². The number of benzene rings is 4. The van der Waals surface area contributed by atoms with Crippen molar-refractivity contribution < 1.29 is 0 Å². The zero-order chi connectivity index (χ0) is 50.2. The molecule has 8 rings (SSSR count). The second-order valence-electron chi connectivity index (χ2n) is 14.7. The molecule has 0 fully saturated rings. The average molecular weight is 882 g/mol. The summed E-state index contributed by atoms with van der Waals surface area (Å²) in [6.07, 6.45) is 22.5. The zero-order valence-corrected chi connectivity index (χ0v) is 46.7. The van der Waals surface area contributed by atoms with E-state index >= 15 is 0 Å². The van der Waals surface area contributed by atoms with Crippen molar-refractivity contribution in [2.75, 3.05) is 82.6 Å². The van der Waals surface area contributed by atoms with Crippen molar-refractivity contribution >= 4 is 45.8 Å². The van der Waals surface area contributed by atoms with Crippen LogP contribution in [-0.2, 0) is 25.7 Å². The minimum absolute atomic E-state index is 1.09. The summed E-state index contributed by atoms with van der Waals surface area (Å²) in [7, 11) is 16.4. The lowest BCUT2D eigenvalue weighted by atomic mass is 9.94. The molecule has 0 saturated carbocycles. The van der Waals surface area contributed by atoms with E-state index in [2.05, 4.69) is 201 Å². The van der Waals surface area contributed by atoms with Crippen LogP contribution in [0.1, 0.15) is 155 Å². The van der Waals surface area contributed by atoms with E-state index in [-0.39, 0.29) is 0 Å². The van der Waals surface area contributed by atoms with Crippen LogP contribution >= 0.6 is 0 Å². The molecule has 0 saturated heterocycles. The third-order valence-electron chi connectivity index (χ3n) is 9.93. The topological polar surface area (TPSA) is 13.0 Å². The van der Waals surface area contributed by atoms with E-state index in [4.69, 9.17) is 0 Å². The zero-order valence-electron chi connectivity index (χ0n) is 46.7. The molecule has 0 amide bonds.